The molecule has 0 saturated carbocycles. The van der Waals surface area contributed by atoms with Gasteiger partial charge in [-0.05, 0) is 31.9 Å². The van der Waals surface area contributed by atoms with E-state index in [4.69, 9.17) is 4.99 Å². The number of thioether (sulfide) groups is 1. The van der Waals surface area contributed by atoms with Crippen molar-refractivity contribution in [2.24, 2.45) is 10.4 Å². The lowest BCUT2D eigenvalue weighted by atomic mass is 9.79. The summed E-state index contributed by atoms with van der Waals surface area (Å²) in [5.41, 5.74) is 0.102. The highest BCUT2D eigenvalue weighted by Gasteiger charge is 2.42. The van der Waals surface area contributed by atoms with Gasteiger partial charge in [0, 0.05) is 48.7 Å². The van der Waals surface area contributed by atoms with Crippen LogP contribution in [0.1, 0.15) is 26.2 Å². The topological polar surface area (TPSA) is 56.7 Å². The van der Waals surface area contributed by atoms with Crippen molar-refractivity contribution in [3.05, 3.63) is 30.3 Å². The number of hydrogen-bond acceptors (Lipinski definition) is 3. The minimum absolute atomic E-state index is 0. The van der Waals surface area contributed by atoms with Gasteiger partial charge in [-0.3, -0.25) is 9.79 Å². The molecule has 26 heavy (non-hydrogen) atoms. The van der Waals surface area contributed by atoms with E-state index in [9.17, 15) is 4.79 Å². The highest BCUT2D eigenvalue weighted by atomic mass is 127. The van der Waals surface area contributed by atoms with Crippen molar-refractivity contribution in [1.29, 1.82) is 0 Å². The van der Waals surface area contributed by atoms with E-state index in [1.165, 1.54) is 4.90 Å². The Labute approximate surface area is 177 Å². The number of nitrogens with one attached hydrogen (secondary N) is 2. The molecule has 1 atom stereocenters. The lowest BCUT2D eigenvalue weighted by Gasteiger charge is -2.40. The van der Waals surface area contributed by atoms with Gasteiger partial charge in [-0.1, -0.05) is 18.2 Å². The molecule has 5 nitrogen and oxygen atoms in total. The molecule has 1 spiro atoms. The molecule has 1 aromatic carbocycles. The van der Waals surface area contributed by atoms with Crippen LogP contribution in [0, 0.1) is 5.41 Å². The number of halogens is 1. The van der Waals surface area contributed by atoms with E-state index in [-0.39, 0.29) is 35.3 Å². The first-order valence-electron chi connectivity index (χ1n) is 9.19. The van der Waals surface area contributed by atoms with Crippen molar-refractivity contribution < 1.29 is 4.79 Å². The number of hydrogen-bond donors (Lipinski definition) is 2. The highest BCUT2D eigenvalue weighted by molar-refractivity contribution is 14.0. The fourth-order valence-electron chi connectivity index (χ4n) is 3.69. The third kappa shape index (κ3) is 5.77. The first-order chi connectivity index (χ1) is 12.2. The molecule has 2 aliphatic heterocycles. The van der Waals surface area contributed by atoms with Crippen LogP contribution < -0.4 is 10.6 Å². The number of aliphatic imine (C=N–C) groups is 1. The molecule has 0 bridgehead atoms. The number of guanidine groups is 1. The number of carbonyl (C=O) groups is 1. The molecule has 1 unspecified atom stereocenters. The average Bonchev–Trinajstić information content (AvgIpc) is 2.98. The van der Waals surface area contributed by atoms with Crippen LogP contribution >= 0.6 is 35.7 Å². The number of amides is 1. The van der Waals surface area contributed by atoms with Crippen LogP contribution in [-0.2, 0) is 4.79 Å². The van der Waals surface area contributed by atoms with E-state index in [1.54, 1.807) is 0 Å². The maximum absolute atomic E-state index is 11.7. The van der Waals surface area contributed by atoms with Gasteiger partial charge < -0.3 is 15.5 Å². The minimum Gasteiger partial charge on any atom is -0.357 e. The number of carbonyl (C=O) groups excluding carboxylic acids is 1. The monoisotopic (exact) mass is 488 g/mol. The molecule has 0 aromatic heterocycles. The van der Waals surface area contributed by atoms with Crippen LogP contribution in [0.2, 0.25) is 0 Å². The number of likely N-dealkylation sites (tertiary alicyclic amines) is 1. The number of piperidine rings is 1. The number of rotatable bonds is 5. The molecular weight excluding hydrogens is 459 g/mol. The predicted molar refractivity (Wildman–Crippen MR) is 119 cm³/mol. The van der Waals surface area contributed by atoms with E-state index >= 15 is 0 Å². The summed E-state index contributed by atoms with van der Waals surface area (Å²) in [6, 6.07) is 10.5. The third-order valence-corrected chi connectivity index (χ3v) is 5.85. The predicted octanol–water partition coefficient (Wildman–Crippen LogP) is 2.96. The van der Waals surface area contributed by atoms with Crippen LogP contribution in [0.3, 0.4) is 0 Å². The minimum atomic E-state index is 0. The summed E-state index contributed by atoms with van der Waals surface area (Å²) in [5.74, 6) is 2.16. The summed E-state index contributed by atoms with van der Waals surface area (Å²) in [6.45, 7) is 6.52. The van der Waals surface area contributed by atoms with Gasteiger partial charge in [0.05, 0.1) is 6.54 Å². The molecule has 2 saturated heterocycles. The van der Waals surface area contributed by atoms with Crippen molar-refractivity contribution in [2.45, 2.75) is 31.1 Å². The molecule has 1 aromatic rings. The zero-order chi connectivity index (χ0) is 17.5. The van der Waals surface area contributed by atoms with Gasteiger partial charge >= 0.3 is 0 Å². The summed E-state index contributed by atoms with van der Waals surface area (Å²) >= 11 is 1.84. The summed E-state index contributed by atoms with van der Waals surface area (Å²) in [6.07, 6.45) is 2.91. The SMILES string of the molecule is CCNC(=NCCSc1ccccc1)N1CCCC2(CNC(=O)C2)C1.I. The molecule has 1 amide bonds. The molecule has 3 rings (SSSR count). The van der Waals surface area contributed by atoms with Gasteiger partial charge in [-0.2, -0.15) is 0 Å². The molecule has 7 heteroatoms. The third-order valence-electron chi connectivity index (χ3n) is 4.86. The Balaban J connectivity index is 0.00000243. The van der Waals surface area contributed by atoms with Gasteiger partial charge in [0.1, 0.15) is 0 Å². The van der Waals surface area contributed by atoms with Crippen molar-refractivity contribution in [3.8, 4) is 0 Å². The van der Waals surface area contributed by atoms with Crippen LogP contribution in [0.25, 0.3) is 0 Å². The second kappa shape index (κ2) is 10.4. The summed E-state index contributed by atoms with van der Waals surface area (Å²) < 4.78 is 0. The fraction of sp³-hybridized carbons (Fsp3) is 0.579. The fourth-order valence-corrected chi connectivity index (χ4v) is 4.45. The van der Waals surface area contributed by atoms with Gasteiger partial charge in [-0.25, -0.2) is 0 Å². The van der Waals surface area contributed by atoms with Gasteiger partial charge in [0.15, 0.2) is 5.96 Å². The van der Waals surface area contributed by atoms with E-state index in [2.05, 4.69) is 46.7 Å². The van der Waals surface area contributed by atoms with Gasteiger partial charge in [0.2, 0.25) is 5.91 Å². The van der Waals surface area contributed by atoms with Crippen molar-refractivity contribution in [3.63, 3.8) is 0 Å². The molecule has 2 N–H and O–H groups in total. The van der Waals surface area contributed by atoms with Crippen molar-refractivity contribution in [1.82, 2.24) is 15.5 Å². The van der Waals surface area contributed by atoms with Crippen molar-refractivity contribution >= 4 is 47.6 Å². The Kier molecular flexibility index (Phi) is 8.53. The largest absolute Gasteiger partial charge is 0.357 e. The second-order valence-electron chi connectivity index (χ2n) is 6.88. The Morgan fingerprint density at radius 2 is 2.19 bits per heavy atom. The highest BCUT2D eigenvalue weighted by Crippen LogP contribution is 2.36. The molecular formula is C19H29IN4OS. The Hall–Kier alpha value is -0.960. The zero-order valence-electron chi connectivity index (χ0n) is 15.4. The van der Waals surface area contributed by atoms with Gasteiger partial charge in [-0.15, -0.1) is 35.7 Å². The standard InChI is InChI=1S/C19H28N4OS.HI/c1-2-20-18(21-10-12-25-16-7-4-3-5-8-16)23-11-6-9-19(15-23)13-17(24)22-14-19;/h3-5,7-8H,2,6,9-15H2,1H3,(H,20,21)(H,22,24);1H. The summed E-state index contributed by atoms with van der Waals surface area (Å²) in [7, 11) is 0. The Morgan fingerprint density at radius 3 is 2.88 bits per heavy atom. The quantitative estimate of drug-likeness (QED) is 0.220. The van der Waals surface area contributed by atoms with E-state index in [0.717, 1.165) is 57.3 Å². The molecule has 2 fully saturated rings. The Bertz CT molecular complexity index is 613. The maximum atomic E-state index is 11.7. The summed E-state index contributed by atoms with van der Waals surface area (Å²) in [5, 5.41) is 6.44. The molecule has 144 valence electrons. The van der Waals surface area contributed by atoms with Crippen LogP contribution in [-0.4, -0.2) is 55.2 Å². The maximum Gasteiger partial charge on any atom is 0.220 e. The molecule has 2 heterocycles. The molecule has 0 aliphatic carbocycles. The molecule has 2 aliphatic rings. The number of nitrogens with zero attached hydrogens (tertiary/aromatic N) is 2. The lowest BCUT2D eigenvalue weighted by Crippen LogP contribution is -2.51. The first-order valence-corrected chi connectivity index (χ1v) is 10.2. The van der Waals surface area contributed by atoms with Crippen LogP contribution in [0.15, 0.2) is 40.2 Å². The smallest absolute Gasteiger partial charge is 0.220 e. The number of benzene rings is 1. The zero-order valence-corrected chi connectivity index (χ0v) is 18.5. The molecule has 0 radical (unpaired) electrons. The second-order valence-corrected chi connectivity index (χ2v) is 8.04. The van der Waals surface area contributed by atoms with E-state index in [1.807, 2.05) is 17.8 Å². The van der Waals surface area contributed by atoms with Crippen LogP contribution in [0.5, 0.6) is 0 Å². The van der Waals surface area contributed by atoms with Crippen molar-refractivity contribution in [2.75, 3.05) is 38.5 Å². The lowest BCUT2D eigenvalue weighted by molar-refractivity contribution is -0.119. The van der Waals surface area contributed by atoms with E-state index < -0.39 is 0 Å². The normalized spacial score (nSPS) is 22.9. The summed E-state index contributed by atoms with van der Waals surface area (Å²) in [4.78, 5) is 20.2. The van der Waals surface area contributed by atoms with Gasteiger partial charge in [0.25, 0.3) is 0 Å². The van der Waals surface area contributed by atoms with Crippen LogP contribution in [0.4, 0.5) is 0 Å². The first kappa shape index (κ1) is 21.3. The average molecular weight is 488 g/mol. The van der Waals surface area contributed by atoms with E-state index in [0.29, 0.717) is 6.42 Å². The Morgan fingerprint density at radius 1 is 1.38 bits per heavy atom.